The zero-order valence-electron chi connectivity index (χ0n) is 7.09. The molecule has 0 nitrogen and oxygen atoms in total. The van der Waals surface area contributed by atoms with E-state index in [1.54, 1.807) is 6.92 Å². The van der Waals surface area contributed by atoms with Crippen molar-refractivity contribution in [2.75, 3.05) is 0 Å². The molecule has 11 heavy (non-hydrogen) atoms. The first-order chi connectivity index (χ1) is 4.93. The van der Waals surface area contributed by atoms with Gasteiger partial charge in [-0.25, -0.2) is 0 Å². The summed E-state index contributed by atoms with van der Waals surface area (Å²) in [6.45, 7) is 8.76. The molecule has 0 saturated heterocycles. The summed E-state index contributed by atoms with van der Waals surface area (Å²) in [7, 11) is 0. The van der Waals surface area contributed by atoms with Crippen molar-refractivity contribution in [1.29, 1.82) is 0 Å². The standard InChI is InChI=1S/C8H9.C2H5.Y/c1-2-8-6-4-3-5-7-8;1-2;/h3-7H,1-2H2;1H2,2H3;/q2*-1;+3. The van der Waals surface area contributed by atoms with Gasteiger partial charge in [-0.1, -0.05) is 35.9 Å². The van der Waals surface area contributed by atoms with Crippen LogP contribution in [0.3, 0.4) is 0 Å². The van der Waals surface area contributed by atoms with Crippen molar-refractivity contribution in [3.8, 4) is 0 Å². The van der Waals surface area contributed by atoms with Gasteiger partial charge < -0.3 is 13.8 Å². The molecule has 1 aromatic carbocycles. The Morgan fingerprint density at radius 2 is 1.55 bits per heavy atom. The van der Waals surface area contributed by atoms with E-state index in [0.717, 1.165) is 6.42 Å². The van der Waals surface area contributed by atoms with Crippen LogP contribution >= 0.6 is 0 Å². The van der Waals surface area contributed by atoms with Crippen LogP contribution in [0.4, 0.5) is 0 Å². The summed E-state index contributed by atoms with van der Waals surface area (Å²) in [6, 6.07) is 10.2. The molecule has 0 bridgehead atoms. The minimum atomic E-state index is 0. The van der Waals surface area contributed by atoms with Crippen molar-refractivity contribution in [2.24, 2.45) is 0 Å². The second-order valence-corrected chi connectivity index (χ2v) is 1.74. The third kappa shape index (κ3) is 6.71. The smallest absolute Gasteiger partial charge is 0.346 e. The molecule has 0 aliphatic carbocycles. The van der Waals surface area contributed by atoms with Gasteiger partial charge in [-0.2, -0.15) is 13.3 Å². The second-order valence-electron chi connectivity index (χ2n) is 1.74. The molecular weight excluding hydrogens is 209 g/mol. The normalized spacial score (nSPS) is 7.18. The summed E-state index contributed by atoms with van der Waals surface area (Å²) in [4.78, 5) is 0. The van der Waals surface area contributed by atoms with E-state index in [2.05, 4.69) is 26.0 Å². The molecule has 0 radical (unpaired) electrons. The van der Waals surface area contributed by atoms with E-state index in [4.69, 9.17) is 0 Å². The first kappa shape index (κ1) is 13.9. The zero-order chi connectivity index (χ0) is 7.82. The van der Waals surface area contributed by atoms with Crippen LogP contribution in [-0.2, 0) is 39.1 Å². The maximum atomic E-state index is 3.76. The van der Waals surface area contributed by atoms with Gasteiger partial charge in [0.25, 0.3) is 0 Å². The Hall–Kier alpha value is 0.324. The van der Waals surface area contributed by atoms with Gasteiger partial charge in [0.1, 0.15) is 0 Å². The van der Waals surface area contributed by atoms with Crippen LogP contribution in [0.2, 0.25) is 0 Å². The van der Waals surface area contributed by atoms with Gasteiger partial charge in [0.05, 0.1) is 0 Å². The summed E-state index contributed by atoms with van der Waals surface area (Å²) >= 11 is 0. The van der Waals surface area contributed by atoms with Crippen LogP contribution in [-0.4, -0.2) is 0 Å². The fourth-order valence-electron chi connectivity index (χ4n) is 0.645. The molecule has 56 valence electrons. The number of hydrogen-bond acceptors (Lipinski definition) is 0. The van der Waals surface area contributed by atoms with Crippen LogP contribution < -0.4 is 0 Å². The Morgan fingerprint density at radius 3 is 1.82 bits per heavy atom. The molecule has 0 fully saturated rings. The Labute approximate surface area is 95.3 Å². The van der Waals surface area contributed by atoms with E-state index >= 15 is 0 Å². The van der Waals surface area contributed by atoms with Gasteiger partial charge in [0, 0.05) is 0 Å². The predicted molar refractivity (Wildman–Crippen MR) is 46.5 cm³/mol. The first-order valence-corrected chi connectivity index (χ1v) is 3.47. The van der Waals surface area contributed by atoms with Crippen molar-refractivity contribution in [3.05, 3.63) is 49.7 Å². The molecule has 0 heterocycles. The molecule has 0 amide bonds. The molecule has 1 heteroatoms. The van der Waals surface area contributed by atoms with E-state index in [9.17, 15) is 0 Å². The number of hydrogen-bond donors (Lipinski definition) is 0. The monoisotopic (exact) mass is 223 g/mol. The molecule has 0 aliphatic heterocycles. The molecule has 0 unspecified atom stereocenters. The van der Waals surface area contributed by atoms with Gasteiger partial charge in [-0.3, -0.25) is 0 Å². The third-order valence-electron chi connectivity index (χ3n) is 1.13. The number of rotatable bonds is 1. The Balaban J connectivity index is 0. The van der Waals surface area contributed by atoms with Gasteiger partial charge in [0.2, 0.25) is 0 Å². The van der Waals surface area contributed by atoms with E-state index in [1.807, 2.05) is 18.2 Å². The first-order valence-electron chi connectivity index (χ1n) is 3.47. The average Bonchev–Trinajstić information content (AvgIpc) is 2.10. The van der Waals surface area contributed by atoms with Gasteiger partial charge >= 0.3 is 32.7 Å². The van der Waals surface area contributed by atoms with Crippen molar-refractivity contribution in [2.45, 2.75) is 13.3 Å². The minimum Gasteiger partial charge on any atom is -0.346 e. The Morgan fingerprint density at radius 1 is 1.09 bits per heavy atom. The SMILES string of the molecule is [CH2-]C.[CH2-]Cc1ccccc1.[Y+3]. The summed E-state index contributed by atoms with van der Waals surface area (Å²) < 4.78 is 0. The van der Waals surface area contributed by atoms with Crippen molar-refractivity contribution < 1.29 is 32.7 Å². The van der Waals surface area contributed by atoms with Gasteiger partial charge in [-0.15, -0.1) is 0 Å². The molecule has 1 aromatic rings. The minimum absolute atomic E-state index is 0. The molecule has 0 spiro atoms. The third-order valence-corrected chi connectivity index (χ3v) is 1.13. The van der Waals surface area contributed by atoms with Gasteiger partial charge in [0.15, 0.2) is 0 Å². The van der Waals surface area contributed by atoms with Crippen LogP contribution in [0.25, 0.3) is 0 Å². The Kier molecular flexibility index (Phi) is 13.0. The van der Waals surface area contributed by atoms with Crippen molar-refractivity contribution in [1.82, 2.24) is 0 Å². The van der Waals surface area contributed by atoms with E-state index < -0.39 is 0 Å². The quantitative estimate of drug-likeness (QED) is 0.642. The largest absolute Gasteiger partial charge is 3.00 e. The average molecular weight is 223 g/mol. The Bertz CT molecular complexity index is 146. The van der Waals surface area contributed by atoms with Crippen LogP contribution in [0, 0.1) is 13.8 Å². The molecule has 0 N–H and O–H groups in total. The van der Waals surface area contributed by atoms with Crippen LogP contribution in [0.1, 0.15) is 12.5 Å². The van der Waals surface area contributed by atoms with Crippen molar-refractivity contribution >= 4 is 0 Å². The van der Waals surface area contributed by atoms with Crippen molar-refractivity contribution in [3.63, 3.8) is 0 Å². The predicted octanol–water partition coefficient (Wildman–Crippen LogP) is 2.90. The maximum Gasteiger partial charge on any atom is 3.00 e. The molecule has 1 rings (SSSR count). The van der Waals surface area contributed by atoms with E-state index in [-0.39, 0.29) is 32.7 Å². The van der Waals surface area contributed by atoms with E-state index in [0.29, 0.717) is 0 Å². The topological polar surface area (TPSA) is 0 Å². The molecule has 0 aromatic heterocycles. The molecular formula is C10H14Y+. The molecule has 0 atom stereocenters. The van der Waals surface area contributed by atoms with Gasteiger partial charge in [-0.05, 0) is 0 Å². The summed E-state index contributed by atoms with van der Waals surface area (Å²) in [5.74, 6) is 0. The zero-order valence-corrected chi connectivity index (χ0v) is 9.92. The molecule has 0 saturated carbocycles. The number of benzene rings is 1. The fraction of sp³-hybridized carbons (Fsp3) is 0.200. The molecule has 0 aliphatic rings. The van der Waals surface area contributed by atoms with E-state index in [1.165, 1.54) is 5.56 Å². The van der Waals surface area contributed by atoms with Crippen LogP contribution in [0.15, 0.2) is 30.3 Å². The fourth-order valence-corrected chi connectivity index (χ4v) is 0.645. The van der Waals surface area contributed by atoms with Crippen LogP contribution in [0.5, 0.6) is 0 Å². The summed E-state index contributed by atoms with van der Waals surface area (Å²) in [5, 5.41) is 0. The summed E-state index contributed by atoms with van der Waals surface area (Å²) in [6.07, 6.45) is 0.890. The second kappa shape index (κ2) is 10.3. The maximum absolute atomic E-state index is 3.76. The summed E-state index contributed by atoms with van der Waals surface area (Å²) in [5.41, 5.74) is 1.30.